The van der Waals surface area contributed by atoms with E-state index in [0.29, 0.717) is 12.8 Å². The second-order valence-corrected chi connectivity index (χ2v) is 16.7. The normalized spacial score (nSPS) is 14.6. The van der Waals surface area contributed by atoms with E-state index in [9.17, 15) is 0 Å². The van der Waals surface area contributed by atoms with Gasteiger partial charge in [-0.15, -0.1) is 0 Å². The van der Waals surface area contributed by atoms with Crippen molar-refractivity contribution in [3.05, 3.63) is 215 Å². The van der Waals surface area contributed by atoms with Gasteiger partial charge in [0.15, 0.2) is 0 Å². The van der Waals surface area contributed by atoms with Crippen LogP contribution in [0, 0.1) is 0 Å². The van der Waals surface area contributed by atoms with E-state index in [1.807, 2.05) is 0 Å². The van der Waals surface area contributed by atoms with Crippen LogP contribution < -0.4 is 0 Å². The molecule has 0 saturated carbocycles. The number of rotatable bonds is 13. The molecule has 0 aliphatic rings. The molecular formula is C44H46O2Si2. The Hall–Kier alpha value is -4.33. The Balaban J connectivity index is 1.54. The van der Waals surface area contributed by atoms with Crippen molar-refractivity contribution in [2.24, 2.45) is 0 Å². The summed E-state index contributed by atoms with van der Waals surface area (Å²) < 4.78 is 0. The van der Waals surface area contributed by atoms with Crippen LogP contribution in [-0.4, -0.2) is 31.7 Å². The quantitative estimate of drug-likeness (QED) is 0.0723. The average molecular weight is 663 g/mol. The smallest absolute Gasteiger partial charge is 0.115 e. The highest BCUT2D eigenvalue weighted by atomic mass is 28.1. The van der Waals surface area contributed by atoms with Crippen LogP contribution in [0.5, 0.6) is 0 Å². The summed E-state index contributed by atoms with van der Waals surface area (Å²) >= 11 is 0. The molecule has 0 N–H and O–H groups in total. The van der Waals surface area contributed by atoms with E-state index < -0.39 is 21.3 Å². The van der Waals surface area contributed by atoms with Crippen molar-refractivity contribution in [1.29, 1.82) is 0 Å². The lowest BCUT2D eigenvalue weighted by Gasteiger charge is -2.51. The molecule has 0 fully saturated rings. The van der Waals surface area contributed by atoms with Crippen LogP contribution in [0.15, 0.2) is 182 Å². The summed E-state index contributed by atoms with van der Waals surface area (Å²) in [5.74, 6) is 0. The van der Waals surface area contributed by atoms with Gasteiger partial charge >= 0.3 is 0 Å². The molecular weight excluding hydrogens is 617 g/mol. The minimum atomic E-state index is -0.767. The molecule has 0 amide bonds. The number of benzene rings is 6. The molecule has 242 valence electrons. The summed E-state index contributed by atoms with van der Waals surface area (Å²) in [5, 5.41) is -0.876. The Labute approximate surface area is 292 Å². The largest absolute Gasteiger partial charge is 0.228 e. The van der Waals surface area contributed by atoms with Gasteiger partial charge in [0.05, 0.1) is 0 Å². The van der Waals surface area contributed by atoms with Crippen molar-refractivity contribution in [3.8, 4) is 0 Å². The van der Waals surface area contributed by atoms with Crippen molar-refractivity contribution in [1.82, 2.24) is 0 Å². The number of hydrogen-bond acceptors (Lipinski definition) is 2. The highest BCUT2D eigenvalue weighted by Crippen LogP contribution is 2.48. The highest BCUT2D eigenvalue weighted by molar-refractivity contribution is 6.20. The molecule has 2 nitrogen and oxygen atoms in total. The van der Waals surface area contributed by atoms with E-state index >= 15 is 0 Å². The molecule has 0 aliphatic carbocycles. The summed E-state index contributed by atoms with van der Waals surface area (Å²) in [6.45, 7) is 4.52. The van der Waals surface area contributed by atoms with Crippen LogP contribution >= 0.6 is 0 Å². The van der Waals surface area contributed by atoms with E-state index in [1.165, 1.54) is 33.4 Å². The van der Waals surface area contributed by atoms with Gasteiger partial charge in [0.25, 0.3) is 0 Å². The second-order valence-electron chi connectivity index (χ2n) is 13.7. The molecule has 6 aromatic carbocycles. The zero-order valence-corrected chi connectivity index (χ0v) is 32.6. The van der Waals surface area contributed by atoms with E-state index in [4.69, 9.17) is 9.78 Å². The summed E-state index contributed by atoms with van der Waals surface area (Å²) in [6, 6.07) is 64.9. The second kappa shape index (κ2) is 14.4. The van der Waals surface area contributed by atoms with Crippen molar-refractivity contribution in [2.75, 3.05) is 0 Å². The first kappa shape index (κ1) is 33.6. The third kappa shape index (κ3) is 6.54. The molecule has 48 heavy (non-hydrogen) atoms. The topological polar surface area (TPSA) is 18.5 Å². The van der Waals surface area contributed by atoms with Crippen LogP contribution in [-0.2, 0) is 32.7 Å². The molecule has 2 atom stereocenters. The fraction of sp³-hybridized carbons (Fsp3) is 0.182. The standard InChI is InChI=1S/C44H46O2Si2/c1-41(33-35-21-9-3-10-22-35,43(47,37-25-13-5-14-26-37)38-27-15-6-16-28-38)45-46-42(2,34-36-23-11-4-12-24-36)44(48,39-29-17-7-18-30-39)40-31-19-8-20-32-40/h3-32H,33-34H2,1-2,47-48H3. The third-order valence-electron chi connectivity index (χ3n) is 10.7. The van der Waals surface area contributed by atoms with Gasteiger partial charge in [-0.25, -0.2) is 9.78 Å². The van der Waals surface area contributed by atoms with Crippen molar-refractivity contribution >= 4 is 20.5 Å². The van der Waals surface area contributed by atoms with Gasteiger partial charge < -0.3 is 0 Å². The number of hydrogen-bond donors (Lipinski definition) is 0. The van der Waals surface area contributed by atoms with E-state index in [0.717, 1.165) is 20.5 Å². The molecule has 0 heterocycles. The summed E-state index contributed by atoms with van der Waals surface area (Å²) in [4.78, 5) is 14.6. The van der Waals surface area contributed by atoms with E-state index in [2.05, 4.69) is 196 Å². The molecule has 0 spiro atoms. The molecule has 2 unspecified atom stereocenters. The maximum atomic E-state index is 7.29. The van der Waals surface area contributed by atoms with Gasteiger partial charge in [-0.05, 0) is 47.2 Å². The molecule has 6 aromatic rings. The summed E-state index contributed by atoms with van der Waals surface area (Å²) in [5.41, 5.74) is 5.83. The highest BCUT2D eigenvalue weighted by Gasteiger charge is 2.54. The monoisotopic (exact) mass is 662 g/mol. The van der Waals surface area contributed by atoms with E-state index in [1.54, 1.807) is 0 Å². The van der Waals surface area contributed by atoms with Gasteiger partial charge in [0.1, 0.15) is 11.2 Å². The van der Waals surface area contributed by atoms with Gasteiger partial charge in [-0.1, -0.05) is 182 Å². The Kier molecular flexibility index (Phi) is 10.1. The van der Waals surface area contributed by atoms with Crippen LogP contribution in [0.4, 0.5) is 0 Å². The lowest BCUT2D eigenvalue weighted by atomic mass is 9.73. The van der Waals surface area contributed by atoms with Crippen molar-refractivity contribution in [2.45, 2.75) is 48.0 Å². The maximum absolute atomic E-state index is 7.29. The molecule has 0 radical (unpaired) electrons. The van der Waals surface area contributed by atoms with Crippen molar-refractivity contribution in [3.63, 3.8) is 0 Å². The molecule has 6 rings (SSSR count). The molecule has 0 aliphatic heterocycles. The first-order valence-corrected chi connectivity index (χ1v) is 19.0. The van der Waals surface area contributed by atoms with E-state index in [-0.39, 0.29) is 0 Å². The molecule has 0 aromatic heterocycles. The summed E-state index contributed by atoms with van der Waals surface area (Å²) in [6.07, 6.45) is 1.35. The molecule has 4 heteroatoms. The van der Waals surface area contributed by atoms with Gasteiger partial charge in [-0.2, -0.15) is 0 Å². The zero-order chi connectivity index (χ0) is 33.5. The first-order valence-electron chi connectivity index (χ1n) is 17.0. The third-order valence-corrected chi connectivity index (χ3v) is 15.1. The summed E-state index contributed by atoms with van der Waals surface area (Å²) in [7, 11) is 1.57. The van der Waals surface area contributed by atoms with Crippen LogP contribution in [0.25, 0.3) is 0 Å². The maximum Gasteiger partial charge on any atom is 0.115 e. The van der Waals surface area contributed by atoms with Crippen molar-refractivity contribution < 1.29 is 9.78 Å². The molecule has 0 bridgehead atoms. The molecule has 0 saturated heterocycles. The minimum absolute atomic E-state index is 0.438. The average Bonchev–Trinajstić information content (AvgIpc) is 3.15. The Morgan fingerprint density at radius 1 is 0.354 bits per heavy atom. The first-order chi connectivity index (χ1) is 23.3. The predicted molar refractivity (Wildman–Crippen MR) is 206 cm³/mol. The fourth-order valence-corrected chi connectivity index (χ4v) is 9.23. The van der Waals surface area contributed by atoms with Gasteiger partial charge in [-0.3, -0.25) is 0 Å². The Bertz CT molecular complexity index is 1630. The lowest BCUT2D eigenvalue weighted by Crippen LogP contribution is -2.59. The van der Waals surface area contributed by atoms with Crippen LogP contribution in [0.1, 0.15) is 47.2 Å². The van der Waals surface area contributed by atoms with Crippen LogP contribution in [0.2, 0.25) is 0 Å². The minimum Gasteiger partial charge on any atom is -0.228 e. The zero-order valence-electron chi connectivity index (χ0n) is 28.6. The van der Waals surface area contributed by atoms with Gasteiger partial charge in [0.2, 0.25) is 0 Å². The predicted octanol–water partition coefficient (Wildman–Crippen LogP) is 7.56. The lowest BCUT2D eigenvalue weighted by molar-refractivity contribution is -0.418. The SMILES string of the molecule is CC(Cc1ccccc1)(OOC(C)(Cc1ccccc1)C([SiH3])(c1ccccc1)c1ccccc1)C([SiH3])(c1ccccc1)c1ccccc1. The van der Waals surface area contributed by atoms with Crippen LogP contribution in [0.3, 0.4) is 0 Å². The fourth-order valence-electron chi connectivity index (χ4n) is 7.37. The Morgan fingerprint density at radius 2 is 0.562 bits per heavy atom. The Morgan fingerprint density at radius 3 is 0.792 bits per heavy atom. The van der Waals surface area contributed by atoms with Gasteiger partial charge in [0, 0.05) is 43.4 Å².